The van der Waals surface area contributed by atoms with Gasteiger partial charge in [0, 0.05) is 29.2 Å². The van der Waals surface area contributed by atoms with Crippen LogP contribution in [0.3, 0.4) is 0 Å². The average molecular weight is 309 g/mol. The first-order chi connectivity index (χ1) is 9.71. The number of nitrogens with one attached hydrogen (secondary N) is 2. The van der Waals surface area contributed by atoms with Gasteiger partial charge in [-0.15, -0.1) is 22.7 Å². The Kier molecular flexibility index (Phi) is 5.49. The Bertz CT molecular complexity index is 573. The van der Waals surface area contributed by atoms with Crippen molar-refractivity contribution in [1.29, 1.82) is 0 Å². The summed E-state index contributed by atoms with van der Waals surface area (Å²) in [6.45, 7) is 5.59. The van der Waals surface area contributed by atoms with Crippen molar-refractivity contribution in [3.8, 4) is 0 Å². The monoisotopic (exact) mass is 309 g/mol. The molecule has 0 saturated carbocycles. The van der Waals surface area contributed by atoms with Crippen LogP contribution in [0.5, 0.6) is 0 Å². The van der Waals surface area contributed by atoms with E-state index in [9.17, 15) is 0 Å². The zero-order chi connectivity index (χ0) is 14.4. The van der Waals surface area contributed by atoms with Crippen LogP contribution in [0.1, 0.15) is 26.7 Å². The van der Waals surface area contributed by atoms with E-state index in [0.717, 1.165) is 28.9 Å². The van der Waals surface area contributed by atoms with Crippen molar-refractivity contribution in [2.24, 2.45) is 4.99 Å². The number of nitrogens with zero attached hydrogens (tertiary/aromatic N) is 3. The van der Waals surface area contributed by atoms with Gasteiger partial charge >= 0.3 is 0 Å². The molecular weight excluding hydrogens is 290 g/mol. The van der Waals surface area contributed by atoms with Crippen LogP contribution in [0.15, 0.2) is 17.4 Å². The summed E-state index contributed by atoms with van der Waals surface area (Å²) in [5.74, 6) is 0.782. The molecule has 0 fully saturated rings. The van der Waals surface area contributed by atoms with Crippen molar-refractivity contribution < 1.29 is 0 Å². The molecule has 0 saturated heterocycles. The zero-order valence-electron chi connectivity index (χ0n) is 11.9. The first-order valence-corrected chi connectivity index (χ1v) is 8.14. The second-order valence-electron chi connectivity index (χ2n) is 4.20. The van der Waals surface area contributed by atoms with E-state index in [1.165, 1.54) is 9.75 Å². The summed E-state index contributed by atoms with van der Waals surface area (Å²) in [6, 6.07) is 0. The molecule has 0 radical (unpaired) electrons. The Labute approximate surface area is 127 Å². The number of guanidine groups is 1. The van der Waals surface area contributed by atoms with Gasteiger partial charge in [-0.3, -0.25) is 4.99 Å². The molecule has 0 amide bonds. The Balaban J connectivity index is 1.80. The molecule has 2 aromatic rings. The summed E-state index contributed by atoms with van der Waals surface area (Å²) in [7, 11) is 1.77. The van der Waals surface area contributed by atoms with Crippen LogP contribution in [0.2, 0.25) is 0 Å². The number of aromatic nitrogens is 2. The van der Waals surface area contributed by atoms with Crippen molar-refractivity contribution in [2.75, 3.05) is 7.05 Å². The van der Waals surface area contributed by atoms with Gasteiger partial charge in [0.05, 0.1) is 18.1 Å². The van der Waals surface area contributed by atoms with Crippen LogP contribution in [0.4, 0.5) is 0 Å². The number of hydrogen-bond acceptors (Lipinski definition) is 5. The van der Waals surface area contributed by atoms with Crippen molar-refractivity contribution in [3.63, 3.8) is 0 Å². The van der Waals surface area contributed by atoms with Crippen LogP contribution in [0.25, 0.3) is 0 Å². The molecule has 2 rings (SSSR count). The third-order valence-corrected chi connectivity index (χ3v) is 4.73. The minimum atomic E-state index is 0.700. The lowest BCUT2D eigenvalue weighted by Gasteiger charge is -2.09. The largest absolute Gasteiger partial charge is 0.351 e. The standard InChI is InChI=1S/C13H19N5S2/c1-4-10-5-16-12(20-10)8-18-13(14-3)17-7-11-6-15-9(2)19-11/h5-6H,4,7-8H2,1-3H3,(H2,14,17,18). The quantitative estimate of drug-likeness (QED) is 0.657. The smallest absolute Gasteiger partial charge is 0.191 e. The molecule has 108 valence electrons. The van der Waals surface area contributed by atoms with Crippen LogP contribution in [-0.4, -0.2) is 23.0 Å². The molecule has 0 atom stereocenters. The molecule has 2 N–H and O–H groups in total. The lowest BCUT2D eigenvalue weighted by Crippen LogP contribution is -2.36. The number of aliphatic imine (C=N–C) groups is 1. The lowest BCUT2D eigenvalue weighted by molar-refractivity contribution is 0.810. The fourth-order valence-electron chi connectivity index (χ4n) is 1.63. The molecule has 20 heavy (non-hydrogen) atoms. The van der Waals surface area contributed by atoms with Gasteiger partial charge in [-0.1, -0.05) is 6.92 Å². The molecule has 2 aromatic heterocycles. The average Bonchev–Trinajstić information content (AvgIpc) is 3.08. The van der Waals surface area contributed by atoms with Gasteiger partial charge in [0.2, 0.25) is 0 Å². The highest BCUT2D eigenvalue weighted by Crippen LogP contribution is 2.13. The van der Waals surface area contributed by atoms with Crippen molar-refractivity contribution in [3.05, 3.63) is 32.2 Å². The molecule has 0 unspecified atom stereocenters. The maximum Gasteiger partial charge on any atom is 0.191 e. The molecule has 7 heteroatoms. The van der Waals surface area contributed by atoms with Gasteiger partial charge < -0.3 is 10.6 Å². The summed E-state index contributed by atoms with van der Waals surface area (Å²) in [4.78, 5) is 15.3. The van der Waals surface area contributed by atoms with Gasteiger partial charge in [0.25, 0.3) is 0 Å². The van der Waals surface area contributed by atoms with E-state index < -0.39 is 0 Å². The van der Waals surface area contributed by atoms with E-state index in [1.54, 1.807) is 29.7 Å². The summed E-state index contributed by atoms with van der Waals surface area (Å²) >= 11 is 3.43. The number of hydrogen-bond donors (Lipinski definition) is 2. The number of rotatable bonds is 5. The topological polar surface area (TPSA) is 62.2 Å². The van der Waals surface area contributed by atoms with Gasteiger partial charge in [0.1, 0.15) is 5.01 Å². The van der Waals surface area contributed by atoms with Crippen LogP contribution >= 0.6 is 22.7 Å². The van der Waals surface area contributed by atoms with Crippen molar-refractivity contribution >= 4 is 28.6 Å². The second kappa shape index (κ2) is 7.35. The Morgan fingerprint density at radius 3 is 2.50 bits per heavy atom. The molecule has 0 aliphatic rings. The first-order valence-electron chi connectivity index (χ1n) is 6.50. The fourth-order valence-corrected chi connectivity index (χ4v) is 3.17. The summed E-state index contributed by atoms with van der Waals surface area (Å²) in [6.07, 6.45) is 4.88. The Morgan fingerprint density at radius 2 is 1.90 bits per heavy atom. The van der Waals surface area contributed by atoms with Gasteiger partial charge in [-0.05, 0) is 13.3 Å². The highest BCUT2D eigenvalue weighted by atomic mass is 32.1. The van der Waals surface area contributed by atoms with Crippen LogP contribution in [0, 0.1) is 6.92 Å². The van der Waals surface area contributed by atoms with E-state index in [2.05, 4.69) is 32.5 Å². The highest BCUT2D eigenvalue weighted by Gasteiger charge is 2.03. The SMILES string of the molecule is CCc1cnc(CNC(=NC)NCc2cnc(C)s2)s1. The van der Waals surface area contributed by atoms with Gasteiger partial charge in [-0.25, -0.2) is 9.97 Å². The van der Waals surface area contributed by atoms with E-state index in [4.69, 9.17) is 0 Å². The van der Waals surface area contributed by atoms with Gasteiger partial charge in [-0.2, -0.15) is 0 Å². The fraction of sp³-hybridized carbons (Fsp3) is 0.462. The van der Waals surface area contributed by atoms with Gasteiger partial charge in [0.15, 0.2) is 5.96 Å². The van der Waals surface area contributed by atoms with Crippen LogP contribution in [-0.2, 0) is 19.5 Å². The van der Waals surface area contributed by atoms with E-state index in [0.29, 0.717) is 6.54 Å². The molecule has 0 bridgehead atoms. The predicted molar refractivity (Wildman–Crippen MR) is 85.4 cm³/mol. The lowest BCUT2D eigenvalue weighted by atomic mass is 10.4. The normalized spacial score (nSPS) is 11.7. The highest BCUT2D eigenvalue weighted by molar-refractivity contribution is 7.11. The third-order valence-electron chi connectivity index (χ3n) is 2.68. The number of aryl methyl sites for hydroxylation is 2. The molecule has 0 aliphatic heterocycles. The van der Waals surface area contributed by atoms with E-state index in [1.807, 2.05) is 19.3 Å². The Morgan fingerprint density at radius 1 is 1.15 bits per heavy atom. The zero-order valence-corrected chi connectivity index (χ0v) is 13.6. The molecule has 0 aromatic carbocycles. The molecule has 5 nitrogen and oxygen atoms in total. The minimum Gasteiger partial charge on any atom is -0.351 e. The summed E-state index contributed by atoms with van der Waals surface area (Å²) in [5.41, 5.74) is 0. The van der Waals surface area contributed by atoms with Crippen molar-refractivity contribution in [2.45, 2.75) is 33.4 Å². The van der Waals surface area contributed by atoms with E-state index >= 15 is 0 Å². The summed E-state index contributed by atoms with van der Waals surface area (Å²) in [5, 5.41) is 8.71. The Hall–Kier alpha value is -1.47. The molecule has 0 aliphatic carbocycles. The molecule has 0 spiro atoms. The second-order valence-corrected chi connectivity index (χ2v) is 6.72. The third kappa shape index (κ3) is 4.28. The first kappa shape index (κ1) is 14.9. The van der Waals surface area contributed by atoms with Crippen molar-refractivity contribution in [1.82, 2.24) is 20.6 Å². The van der Waals surface area contributed by atoms with Crippen LogP contribution < -0.4 is 10.6 Å². The number of thiazole rings is 2. The maximum absolute atomic E-state index is 4.38. The maximum atomic E-state index is 4.38. The molecule has 2 heterocycles. The summed E-state index contributed by atoms with van der Waals surface area (Å²) < 4.78 is 0. The minimum absolute atomic E-state index is 0.700. The predicted octanol–water partition coefficient (Wildman–Crippen LogP) is 2.34. The molecular formula is C13H19N5S2. The van der Waals surface area contributed by atoms with E-state index in [-0.39, 0.29) is 0 Å².